The molecule has 0 saturated carbocycles. The molecule has 0 aliphatic rings. The topological polar surface area (TPSA) is 62.4 Å². The molecule has 0 radical (unpaired) electrons. The smallest absolute Gasteiger partial charge is 0.257 e. The Bertz CT molecular complexity index is 1020. The van der Waals surface area contributed by atoms with Crippen molar-refractivity contribution in [1.29, 1.82) is 0 Å². The van der Waals surface area contributed by atoms with Gasteiger partial charge in [-0.1, -0.05) is 30.3 Å². The number of carbonyl (C=O) groups is 1. The molecule has 1 heterocycles. The van der Waals surface area contributed by atoms with Crippen molar-refractivity contribution < 1.29 is 9.53 Å². The minimum atomic E-state index is -0.166. The average Bonchev–Trinajstić information content (AvgIpc) is 2.67. The van der Waals surface area contributed by atoms with E-state index in [0.717, 1.165) is 16.5 Å². The number of ether oxygens (including phenoxy) is 1. The van der Waals surface area contributed by atoms with E-state index in [9.17, 15) is 9.59 Å². The number of aryl methyl sites for hydroxylation is 1. The van der Waals surface area contributed by atoms with Crippen molar-refractivity contribution >= 4 is 16.8 Å². The zero-order valence-corrected chi connectivity index (χ0v) is 15.9. The molecule has 5 heteroatoms. The first-order valence-corrected chi connectivity index (χ1v) is 9.17. The van der Waals surface area contributed by atoms with Gasteiger partial charge < -0.3 is 14.6 Å². The monoisotopic (exact) mass is 364 g/mol. The van der Waals surface area contributed by atoms with Crippen molar-refractivity contribution in [1.82, 2.24) is 9.88 Å². The third-order valence-corrected chi connectivity index (χ3v) is 4.61. The summed E-state index contributed by atoms with van der Waals surface area (Å²) in [5.74, 6) is 0.414. The van der Waals surface area contributed by atoms with Gasteiger partial charge in [0.25, 0.3) is 11.5 Å². The summed E-state index contributed by atoms with van der Waals surface area (Å²) in [5, 5.41) is 0.961. The summed E-state index contributed by atoms with van der Waals surface area (Å²) < 4.78 is 5.58. The number of nitrogens with one attached hydrogen (secondary N) is 1. The Labute approximate surface area is 158 Å². The van der Waals surface area contributed by atoms with E-state index in [2.05, 4.69) is 4.98 Å². The fraction of sp³-hybridized carbons (Fsp3) is 0.273. The molecule has 0 aliphatic carbocycles. The van der Waals surface area contributed by atoms with Gasteiger partial charge in [0, 0.05) is 12.1 Å². The van der Waals surface area contributed by atoms with Crippen molar-refractivity contribution in [3.63, 3.8) is 0 Å². The molecule has 2 aromatic carbocycles. The van der Waals surface area contributed by atoms with Gasteiger partial charge in [-0.25, -0.2) is 0 Å². The van der Waals surface area contributed by atoms with Crippen molar-refractivity contribution in [3.05, 3.63) is 75.6 Å². The highest BCUT2D eigenvalue weighted by Crippen LogP contribution is 2.21. The molecule has 0 spiro atoms. The van der Waals surface area contributed by atoms with Gasteiger partial charge in [0.05, 0.1) is 24.2 Å². The van der Waals surface area contributed by atoms with Gasteiger partial charge >= 0.3 is 0 Å². The number of fused-ring (bicyclic) bond motifs is 1. The number of hydrogen-bond donors (Lipinski definition) is 1. The highest BCUT2D eigenvalue weighted by Gasteiger charge is 2.20. The molecule has 27 heavy (non-hydrogen) atoms. The van der Waals surface area contributed by atoms with Crippen molar-refractivity contribution in [2.45, 2.75) is 27.3 Å². The SMILES string of the molecule is CCOc1ccccc1C(=O)N(CC)Cc1cc2cccc(C)c2[nH]c1=O. The largest absolute Gasteiger partial charge is 0.493 e. The molecular formula is C22H24N2O3. The van der Waals surface area contributed by atoms with Crippen LogP contribution < -0.4 is 10.3 Å². The Kier molecular flexibility index (Phi) is 5.60. The molecule has 0 saturated heterocycles. The number of nitrogens with zero attached hydrogens (tertiary/aromatic N) is 1. The van der Waals surface area contributed by atoms with Gasteiger partial charge in [-0.15, -0.1) is 0 Å². The predicted octanol–water partition coefficient (Wildman–Crippen LogP) is 3.90. The molecule has 1 aromatic heterocycles. The Morgan fingerprint density at radius 2 is 1.89 bits per heavy atom. The molecule has 140 valence electrons. The third kappa shape index (κ3) is 3.87. The standard InChI is InChI=1S/C22H24N2O3/c1-4-24(22(26)18-11-6-7-12-19(18)27-5-2)14-17-13-16-10-8-9-15(3)20(16)23-21(17)25/h6-13H,4-5,14H2,1-3H3,(H,23,25). The van der Waals surface area contributed by atoms with Crippen LogP contribution in [-0.2, 0) is 6.54 Å². The van der Waals surface area contributed by atoms with E-state index in [-0.39, 0.29) is 18.0 Å². The lowest BCUT2D eigenvalue weighted by Crippen LogP contribution is -2.33. The van der Waals surface area contributed by atoms with Gasteiger partial charge in [-0.3, -0.25) is 9.59 Å². The number of aromatic nitrogens is 1. The Hall–Kier alpha value is -3.08. The number of amides is 1. The second-order valence-electron chi connectivity index (χ2n) is 6.41. The number of carbonyl (C=O) groups excluding carboxylic acids is 1. The molecular weight excluding hydrogens is 340 g/mol. The summed E-state index contributed by atoms with van der Waals surface area (Å²) in [7, 11) is 0. The van der Waals surface area contributed by atoms with E-state index in [4.69, 9.17) is 4.74 Å². The van der Waals surface area contributed by atoms with Gasteiger partial charge in [-0.05, 0) is 49.9 Å². The first-order chi connectivity index (χ1) is 13.0. The van der Waals surface area contributed by atoms with Crippen LogP contribution in [0.1, 0.15) is 35.3 Å². The summed E-state index contributed by atoms with van der Waals surface area (Å²) >= 11 is 0. The summed E-state index contributed by atoms with van der Waals surface area (Å²) in [5.41, 5.74) is 2.76. The third-order valence-electron chi connectivity index (χ3n) is 4.61. The summed E-state index contributed by atoms with van der Waals surface area (Å²) in [6.07, 6.45) is 0. The van der Waals surface area contributed by atoms with Crippen molar-refractivity contribution in [3.8, 4) is 5.75 Å². The first kappa shape index (κ1) is 18.7. The molecule has 3 aromatic rings. The van der Waals surface area contributed by atoms with Crippen molar-refractivity contribution in [2.75, 3.05) is 13.2 Å². The number of hydrogen-bond acceptors (Lipinski definition) is 3. The van der Waals surface area contributed by atoms with E-state index >= 15 is 0 Å². The minimum Gasteiger partial charge on any atom is -0.493 e. The molecule has 0 bridgehead atoms. The van der Waals surface area contributed by atoms with Crippen LogP contribution in [0.2, 0.25) is 0 Å². The number of benzene rings is 2. The van der Waals surface area contributed by atoms with E-state index in [0.29, 0.717) is 30.0 Å². The Balaban J connectivity index is 1.94. The van der Waals surface area contributed by atoms with Crippen LogP contribution in [0.15, 0.2) is 53.3 Å². The van der Waals surface area contributed by atoms with Crippen LogP contribution in [0.4, 0.5) is 0 Å². The highest BCUT2D eigenvalue weighted by molar-refractivity contribution is 5.97. The van der Waals surface area contributed by atoms with Crippen LogP contribution in [0, 0.1) is 6.92 Å². The van der Waals surface area contributed by atoms with E-state index in [1.807, 2.05) is 57.2 Å². The normalized spacial score (nSPS) is 10.8. The number of rotatable bonds is 6. The maximum atomic E-state index is 13.0. The molecule has 1 amide bonds. The molecule has 0 aliphatic heterocycles. The lowest BCUT2D eigenvalue weighted by Gasteiger charge is -2.22. The van der Waals surface area contributed by atoms with Crippen LogP contribution in [0.5, 0.6) is 5.75 Å². The van der Waals surface area contributed by atoms with Gasteiger partial charge in [0.2, 0.25) is 0 Å². The van der Waals surface area contributed by atoms with Crippen LogP contribution in [0.3, 0.4) is 0 Å². The molecule has 0 fully saturated rings. The van der Waals surface area contributed by atoms with E-state index in [1.165, 1.54) is 0 Å². The quantitative estimate of drug-likeness (QED) is 0.722. The second-order valence-corrected chi connectivity index (χ2v) is 6.41. The zero-order valence-electron chi connectivity index (χ0n) is 15.9. The number of aromatic amines is 1. The van der Waals surface area contributed by atoms with E-state index in [1.54, 1.807) is 17.0 Å². The molecule has 0 atom stereocenters. The lowest BCUT2D eigenvalue weighted by atomic mass is 10.1. The van der Waals surface area contributed by atoms with Gasteiger partial charge in [0.1, 0.15) is 5.75 Å². The maximum Gasteiger partial charge on any atom is 0.257 e. The van der Waals surface area contributed by atoms with Crippen LogP contribution in [0.25, 0.3) is 10.9 Å². The fourth-order valence-electron chi connectivity index (χ4n) is 3.17. The fourth-order valence-corrected chi connectivity index (χ4v) is 3.17. The maximum absolute atomic E-state index is 13.0. The molecule has 1 N–H and O–H groups in total. The van der Waals surface area contributed by atoms with Gasteiger partial charge in [-0.2, -0.15) is 0 Å². The first-order valence-electron chi connectivity index (χ1n) is 9.17. The summed E-state index contributed by atoms with van der Waals surface area (Å²) in [6.45, 7) is 6.97. The second kappa shape index (κ2) is 8.08. The lowest BCUT2D eigenvalue weighted by molar-refractivity contribution is 0.0748. The number of pyridine rings is 1. The summed E-state index contributed by atoms with van der Waals surface area (Å²) in [6, 6.07) is 14.9. The number of H-pyrrole nitrogens is 1. The van der Waals surface area contributed by atoms with Crippen LogP contribution >= 0.6 is 0 Å². The molecule has 5 nitrogen and oxygen atoms in total. The highest BCUT2D eigenvalue weighted by atomic mass is 16.5. The number of para-hydroxylation sites is 2. The molecule has 3 rings (SSSR count). The Morgan fingerprint density at radius 1 is 1.11 bits per heavy atom. The Morgan fingerprint density at radius 3 is 2.63 bits per heavy atom. The predicted molar refractivity (Wildman–Crippen MR) is 107 cm³/mol. The van der Waals surface area contributed by atoms with Crippen LogP contribution in [-0.4, -0.2) is 28.9 Å². The molecule has 0 unspecified atom stereocenters. The van der Waals surface area contributed by atoms with Gasteiger partial charge in [0.15, 0.2) is 0 Å². The van der Waals surface area contributed by atoms with Crippen molar-refractivity contribution in [2.24, 2.45) is 0 Å². The zero-order chi connectivity index (χ0) is 19.4. The summed E-state index contributed by atoms with van der Waals surface area (Å²) in [4.78, 5) is 30.2. The minimum absolute atomic E-state index is 0.148. The van der Waals surface area contributed by atoms with E-state index < -0.39 is 0 Å². The average molecular weight is 364 g/mol.